The molecule has 1 amide bonds. The summed E-state index contributed by atoms with van der Waals surface area (Å²) in [5.74, 6) is 2.70. The lowest BCUT2D eigenvalue weighted by molar-refractivity contribution is -0.128. The Balaban J connectivity index is 1.75. The third kappa shape index (κ3) is 5.88. The maximum atomic E-state index is 12.3. The largest absolute Gasteiger partial charge is 0.497 e. The van der Waals surface area contributed by atoms with Gasteiger partial charge in [-0.05, 0) is 55.0 Å². The highest BCUT2D eigenvalue weighted by Gasteiger charge is 2.17. The van der Waals surface area contributed by atoms with E-state index in [0.29, 0.717) is 25.3 Å². The lowest BCUT2D eigenvalue weighted by Gasteiger charge is -2.17. The second kappa shape index (κ2) is 10.2. The Bertz CT molecular complexity index is 670. The lowest BCUT2D eigenvalue weighted by atomic mass is 10.2. The fourth-order valence-electron chi connectivity index (χ4n) is 2.27. The molecule has 2 aromatic rings. The van der Waals surface area contributed by atoms with Crippen LogP contribution in [0.25, 0.3) is 0 Å². The molecule has 0 heterocycles. The van der Waals surface area contributed by atoms with Crippen molar-refractivity contribution in [3.63, 3.8) is 0 Å². The van der Waals surface area contributed by atoms with Gasteiger partial charge in [-0.25, -0.2) is 0 Å². The Morgan fingerprint density at radius 3 is 1.88 bits per heavy atom. The van der Waals surface area contributed by atoms with Crippen LogP contribution in [0.5, 0.6) is 23.0 Å². The van der Waals surface area contributed by atoms with Crippen LogP contribution in [0.1, 0.15) is 13.3 Å². The third-order valence-electron chi connectivity index (χ3n) is 3.73. The molecule has 6 nitrogen and oxygen atoms in total. The number of carbonyl (C=O) groups is 1. The minimum atomic E-state index is -0.551. The van der Waals surface area contributed by atoms with E-state index in [0.717, 1.165) is 17.2 Å². The molecule has 2 rings (SSSR count). The first-order valence-corrected chi connectivity index (χ1v) is 8.51. The predicted octanol–water partition coefficient (Wildman–Crippen LogP) is 3.06. The van der Waals surface area contributed by atoms with E-state index in [4.69, 9.17) is 18.9 Å². The molecule has 0 aliphatic carbocycles. The van der Waals surface area contributed by atoms with Crippen LogP contribution in [0.2, 0.25) is 0 Å². The van der Waals surface area contributed by atoms with Crippen LogP contribution in [0.3, 0.4) is 0 Å². The molecular formula is C20H25NO5. The number of methoxy groups -OCH3 is 2. The van der Waals surface area contributed by atoms with E-state index in [-0.39, 0.29) is 5.91 Å². The number of amides is 1. The van der Waals surface area contributed by atoms with Gasteiger partial charge in [-0.15, -0.1) is 0 Å². The molecule has 140 valence electrons. The predicted molar refractivity (Wildman–Crippen MR) is 99.2 cm³/mol. The van der Waals surface area contributed by atoms with Gasteiger partial charge in [0.1, 0.15) is 29.6 Å². The van der Waals surface area contributed by atoms with Crippen LogP contribution in [0, 0.1) is 0 Å². The Morgan fingerprint density at radius 1 is 0.885 bits per heavy atom. The molecule has 0 saturated heterocycles. The first-order chi connectivity index (χ1) is 12.7. The number of nitrogens with one attached hydrogen (secondary N) is 1. The maximum absolute atomic E-state index is 12.3. The molecule has 26 heavy (non-hydrogen) atoms. The molecule has 0 saturated carbocycles. The normalized spacial score (nSPS) is 11.3. The molecule has 2 aromatic carbocycles. The molecule has 1 atom stereocenters. The van der Waals surface area contributed by atoms with Gasteiger partial charge in [0.05, 0.1) is 20.8 Å². The first-order valence-electron chi connectivity index (χ1n) is 8.51. The van der Waals surface area contributed by atoms with Crippen molar-refractivity contribution in [1.82, 2.24) is 5.32 Å². The summed E-state index contributed by atoms with van der Waals surface area (Å²) in [5.41, 5.74) is 0. The topological polar surface area (TPSA) is 66.0 Å². The van der Waals surface area contributed by atoms with E-state index >= 15 is 0 Å². The third-order valence-corrected chi connectivity index (χ3v) is 3.73. The molecule has 0 aliphatic rings. The van der Waals surface area contributed by atoms with Crippen LogP contribution in [-0.4, -0.2) is 39.4 Å². The van der Waals surface area contributed by atoms with Gasteiger partial charge in [0.2, 0.25) is 0 Å². The monoisotopic (exact) mass is 359 g/mol. The van der Waals surface area contributed by atoms with Crippen molar-refractivity contribution in [2.24, 2.45) is 0 Å². The van der Waals surface area contributed by atoms with Gasteiger partial charge >= 0.3 is 0 Å². The van der Waals surface area contributed by atoms with Gasteiger partial charge in [0.15, 0.2) is 6.10 Å². The summed E-state index contributed by atoms with van der Waals surface area (Å²) in [7, 11) is 3.22. The number of hydrogen-bond donors (Lipinski definition) is 1. The summed E-state index contributed by atoms with van der Waals surface area (Å²) in [6.45, 7) is 2.67. The van der Waals surface area contributed by atoms with Crippen LogP contribution in [0.4, 0.5) is 0 Å². The molecule has 0 fully saturated rings. The fraction of sp³-hybridized carbons (Fsp3) is 0.350. The zero-order chi connectivity index (χ0) is 18.8. The van der Waals surface area contributed by atoms with Crippen molar-refractivity contribution >= 4 is 5.91 Å². The minimum absolute atomic E-state index is 0.165. The molecule has 0 unspecified atom stereocenters. The van der Waals surface area contributed by atoms with Crippen molar-refractivity contribution < 1.29 is 23.7 Å². The summed E-state index contributed by atoms with van der Waals surface area (Å²) < 4.78 is 21.5. The zero-order valence-electron chi connectivity index (χ0n) is 15.4. The molecule has 0 aromatic heterocycles. The molecule has 0 aliphatic heterocycles. The highest BCUT2D eigenvalue weighted by Crippen LogP contribution is 2.19. The molecule has 1 N–H and O–H groups in total. The van der Waals surface area contributed by atoms with Crippen LogP contribution in [0.15, 0.2) is 48.5 Å². The summed E-state index contributed by atoms with van der Waals surface area (Å²) in [4.78, 5) is 12.3. The van der Waals surface area contributed by atoms with Gasteiger partial charge < -0.3 is 24.3 Å². The quantitative estimate of drug-likeness (QED) is 0.661. The summed E-state index contributed by atoms with van der Waals surface area (Å²) in [6, 6.07) is 14.4. The summed E-state index contributed by atoms with van der Waals surface area (Å²) >= 11 is 0. The Labute approximate surface area is 154 Å². The average Bonchev–Trinajstić information content (AvgIpc) is 2.70. The van der Waals surface area contributed by atoms with Crippen LogP contribution < -0.4 is 24.3 Å². The number of hydrogen-bond acceptors (Lipinski definition) is 5. The second-order valence-corrected chi connectivity index (χ2v) is 5.51. The zero-order valence-corrected chi connectivity index (χ0v) is 15.4. The number of rotatable bonds is 10. The Morgan fingerprint density at radius 2 is 1.38 bits per heavy atom. The molecular weight excluding hydrogens is 334 g/mol. The first kappa shape index (κ1) is 19.4. The average molecular weight is 359 g/mol. The van der Waals surface area contributed by atoms with Crippen LogP contribution in [-0.2, 0) is 4.79 Å². The Hall–Kier alpha value is -2.89. The van der Waals surface area contributed by atoms with Gasteiger partial charge in [0.25, 0.3) is 5.91 Å². The minimum Gasteiger partial charge on any atom is -0.497 e. The van der Waals surface area contributed by atoms with Gasteiger partial charge in [-0.3, -0.25) is 4.79 Å². The van der Waals surface area contributed by atoms with E-state index < -0.39 is 6.10 Å². The molecule has 0 bridgehead atoms. The summed E-state index contributed by atoms with van der Waals surface area (Å²) in [6.07, 6.45) is 0.0152. The van der Waals surface area contributed by atoms with Gasteiger partial charge in [0, 0.05) is 0 Å². The van der Waals surface area contributed by atoms with E-state index in [1.807, 2.05) is 31.2 Å². The standard InChI is InChI=1S/C20H25NO5/c1-4-19(26-18-11-7-16(24-3)8-12-18)20(22)21-13-14-25-17-9-5-15(23-2)6-10-17/h5-12,19H,4,13-14H2,1-3H3,(H,21,22)/t19-/m1/s1. The van der Waals surface area contributed by atoms with E-state index in [9.17, 15) is 4.79 Å². The number of carbonyl (C=O) groups excluding carboxylic acids is 1. The molecule has 0 spiro atoms. The van der Waals surface area contributed by atoms with E-state index in [1.165, 1.54) is 0 Å². The highest BCUT2D eigenvalue weighted by molar-refractivity contribution is 5.81. The van der Waals surface area contributed by atoms with Gasteiger partial charge in [-0.1, -0.05) is 6.92 Å². The van der Waals surface area contributed by atoms with Crippen molar-refractivity contribution in [1.29, 1.82) is 0 Å². The highest BCUT2D eigenvalue weighted by atomic mass is 16.5. The number of benzene rings is 2. The van der Waals surface area contributed by atoms with Crippen molar-refractivity contribution in [2.75, 3.05) is 27.4 Å². The van der Waals surface area contributed by atoms with Crippen molar-refractivity contribution in [3.8, 4) is 23.0 Å². The lowest BCUT2D eigenvalue weighted by Crippen LogP contribution is -2.39. The SMILES string of the molecule is CC[C@@H](Oc1ccc(OC)cc1)C(=O)NCCOc1ccc(OC)cc1. The van der Waals surface area contributed by atoms with Gasteiger partial charge in [-0.2, -0.15) is 0 Å². The smallest absolute Gasteiger partial charge is 0.261 e. The Kier molecular flexibility index (Phi) is 7.61. The number of ether oxygens (including phenoxy) is 4. The summed E-state index contributed by atoms with van der Waals surface area (Å²) in [5, 5.41) is 2.83. The second-order valence-electron chi connectivity index (χ2n) is 5.51. The maximum Gasteiger partial charge on any atom is 0.261 e. The van der Waals surface area contributed by atoms with Crippen LogP contribution >= 0.6 is 0 Å². The van der Waals surface area contributed by atoms with Crippen molar-refractivity contribution in [3.05, 3.63) is 48.5 Å². The molecule has 6 heteroatoms. The van der Waals surface area contributed by atoms with Crippen molar-refractivity contribution in [2.45, 2.75) is 19.4 Å². The van der Waals surface area contributed by atoms with E-state index in [2.05, 4.69) is 5.32 Å². The molecule has 0 radical (unpaired) electrons. The van der Waals surface area contributed by atoms with E-state index in [1.54, 1.807) is 38.5 Å². The fourth-order valence-corrected chi connectivity index (χ4v) is 2.27.